The summed E-state index contributed by atoms with van der Waals surface area (Å²) in [5, 5.41) is 2.89. The molecule has 0 radical (unpaired) electrons. The number of morpholine rings is 1. The zero-order chi connectivity index (χ0) is 18.4. The van der Waals surface area contributed by atoms with Crippen molar-refractivity contribution >= 4 is 17.7 Å². The van der Waals surface area contributed by atoms with E-state index in [0.717, 1.165) is 29.9 Å². The zero-order valence-electron chi connectivity index (χ0n) is 14.8. The third-order valence-corrected chi connectivity index (χ3v) is 4.37. The SMILES string of the molecule is CC(NC(=O)/C=C\c1ccccc1)c1cc(F)cc(N2CCOCC2)c1. The summed E-state index contributed by atoms with van der Waals surface area (Å²) in [6.07, 6.45) is 3.25. The van der Waals surface area contributed by atoms with E-state index in [1.54, 1.807) is 6.08 Å². The molecule has 1 aliphatic heterocycles. The van der Waals surface area contributed by atoms with E-state index < -0.39 is 0 Å². The third kappa shape index (κ3) is 4.92. The second kappa shape index (κ2) is 8.63. The molecule has 1 amide bonds. The van der Waals surface area contributed by atoms with Crippen molar-refractivity contribution in [1.29, 1.82) is 0 Å². The molecule has 2 aromatic carbocycles. The van der Waals surface area contributed by atoms with Gasteiger partial charge in [-0.3, -0.25) is 4.79 Å². The molecule has 1 heterocycles. The van der Waals surface area contributed by atoms with Crippen molar-refractivity contribution < 1.29 is 13.9 Å². The largest absolute Gasteiger partial charge is 0.378 e. The molecule has 136 valence electrons. The van der Waals surface area contributed by atoms with Gasteiger partial charge >= 0.3 is 0 Å². The molecule has 1 unspecified atom stereocenters. The molecule has 2 aromatic rings. The van der Waals surface area contributed by atoms with Gasteiger partial charge in [-0.2, -0.15) is 0 Å². The molecule has 1 saturated heterocycles. The first-order valence-corrected chi connectivity index (χ1v) is 8.78. The summed E-state index contributed by atoms with van der Waals surface area (Å²) in [7, 11) is 0. The van der Waals surface area contributed by atoms with Crippen LogP contribution in [0.1, 0.15) is 24.1 Å². The molecule has 26 heavy (non-hydrogen) atoms. The molecule has 0 aliphatic carbocycles. The van der Waals surface area contributed by atoms with Gasteiger partial charge in [0.1, 0.15) is 5.82 Å². The maximum absolute atomic E-state index is 14.1. The van der Waals surface area contributed by atoms with E-state index in [9.17, 15) is 9.18 Å². The maximum Gasteiger partial charge on any atom is 0.244 e. The molecule has 1 fully saturated rings. The van der Waals surface area contributed by atoms with E-state index in [2.05, 4.69) is 10.2 Å². The highest BCUT2D eigenvalue weighted by Gasteiger charge is 2.15. The normalized spacial score (nSPS) is 15.8. The van der Waals surface area contributed by atoms with Crippen LogP contribution in [0.25, 0.3) is 6.08 Å². The van der Waals surface area contributed by atoms with E-state index in [-0.39, 0.29) is 17.8 Å². The van der Waals surface area contributed by atoms with Gasteiger partial charge in [-0.05, 0) is 42.3 Å². The summed E-state index contributed by atoms with van der Waals surface area (Å²) in [5.74, 6) is -0.511. The topological polar surface area (TPSA) is 41.6 Å². The van der Waals surface area contributed by atoms with Crippen molar-refractivity contribution in [3.05, 3.63) is 71.6 Å². The molecule has 3 rings (SSSR count). The number of hydrogen-bond acceptors (Lipinski definition) is 3. The minimum atomic E-state index is -0.301. The molecule has 0 aromatic heterocycles. The molecule has 1 aliphatic rings. The van der Waals surface area contributed by atoms with E-state index in [4.69, 9.17) is 4.74 Å². The summed E-state index contributed by atoms with van der Waals surface area (Å²) >= 11 is 0. The zero-order valence-corrected chi connectivity index (χ0v) is 14.8. The Morgan fingerprint density at radius 2 is 1.92 bits per heavy atom. The van der Waals surface area contributed by atoms with Crippen molar-refractivity contribution in [3.8, 4) is 0 Å². The lowest BCUT2D eigenvalue weighted by molar-refractivity contribution is -0.117. The van der Waals surface area contributed by atoms with Gasteiger partial charge in [0.05, 0.1) is 19.3 Å². The van der Waals surface area contributed by atoms with Crippen LogP contribution >= 0.6 is 0 Å². The van der Waals surface area contributed by atoms with Crippen molar-refractivity contribution in [1.82, 2.24) is 5.32 Å². The van der Waals surface area contributed by atoms with E-state index >= 15 is 0 Å². The highest BCUT2D eigenvalue weighted by atomic mass is 19.1. The second-order valence-electron chi connectivity index (χ2n) is 6.32. The number of benzene rings is 2. The molecule has 1 atom stereocenters. The van der Waals surface area contributed by atoms with Gasteiger partial charge in [-0.15, -0.1) is 0 Å². The number of amides is 1. The fourth-order valence-corrected chi connectivity index (χ4v) is 2.93. The van der Waals surface area contributed by atoms with Gasteiger partial charge < -0.3 is 15.0 Å². The predicted octanol–water partition coefficient (Wildman–Crippen LogP) is 3.55. The van der Waals surface area contributed by atoms with Crippen LogP contribution < -0.4 is 10.2 Å². The first-order chi connectivity index (χ1) is 12.6. The average molecular weight is 354 g/mol. The minimum Gasteiger partial charge on any atom is -0.378 e. The van der Waals surface area contributed by atoms with Crippen LogP contribution in [0, 0.1) is 5.82 Å². The van der Waals surface area contributed by atoms with Crippen molar-refractivity contribution in [2.75, 3.05) is 31.2 Å². The van der Waals surface area contributed by atoms with Crippen molar-refractivity contribution in [3.63, 3.8) is 0 Å². The van der Waals surface area contributed by atoms with Crippen LogP contribution in [0.3, 0.4) is 0 Å². The fourth-order valence-electron chi connectivity index (χ4n) is 2.93. The van der Waals surface area contributed by atoms with Crippen LogP contribution in [0.4, 0.5) is 10.1 Å². The number of rotatable bonds is 5. The Balaban J connectivity index is 1.67. The average Bonchev–Trinajstić information content (AvgIpc) is 2.67. The third-order valence-electron chi connectivity index (χ3n) is 4.37. The van der Waals surface area contributed by atoms with Crippen LogP contribution in [0.15, 0.2) is 54.6 Å². The Bertz CT molecular complexity index is 771. The monoisotopic (exact) mass is 354 g/mol. The number of halogens is 1. The van der Waals surface area contributed by atoms with Gasteiger partial charge in [0.2, 0.25) is 5.91 Å². The molecule has 4 nitrogen and oxygen atoms in total. The molecule has 0 bridgehead atoms. The lowest BCUT2D eigenvalue weighted by Crippen LogP contribution is -2.36. The van der Waals surface area contributed by atoms with Crippen LogP contribution in [0.2, 0.25) is 0 Å². The standard InChI is InChI=1S/C21H23FN2O2/c1-16(23-21(25)8-7-17-5-3-2-4-6-17)18-13-19(22)15-20(14-18)24-9-11-26-12-10-24/h2-8,13-16H,9-12H2,1H3,(H,23,25)/b8-7-. The smallest absolute Gasteiger partial charge is 0.244 e. The Kier molecular flexibility index (Phi) is 6.02. The second-order valence-corrected chi connectivity index (χ2v) is 6.32. The molecule has 5 heteroatoms. The molecular formula is C21H23FN2O2. The highest BCUT2D eigenvalue weighted by Crippen LogP contribution is 2.23. The molecule has 1 N–H and O–H groups in total. The quantitative estimate of drug-likeness (QED) is 0.835. The number of hydrogen-bond donors (Lipinski definition) is 1. The van der Waals surface area contributed by atoms with Gasteiger partial charge in [0.15, 0.2) is 0 Å². The van der Waals surface area contributed by atoms with Gasteiger partial charge in [-0.1, -0.05) is 30.3 Å². The Morgan fingerprint density at radius 1 is 1.19 bits per heavy atom. The number of nitrogens with one attached hydrogen (secondary N) is 1. The van der Waals surface area contributed by atoms with Crippen molar-refractivity contribution in [2.24, 2.45) is 0 Å². The molecular weight excluding hydrogens is 331 g/mol. The summed E-state index contributed by atoms with van der Waals surface area (Å²) < 4.78 is 19.4. The summed E-state index contributed by atoms with van der Waals surface area (Å²) in [6, 6.07) is 14.2. The fraction of sp³-hybridized carbons (Fsp3) is 0.286. The Morgan fingerprint density at radius 3 is 2.65 bits per heavy atom. The lowest BCUT2D eigenvalue weighted by Gasteiger charge is -2.29. The molecule has 0 saturated carbocycles. The van der Waals surface area contributed by atoms with E-state index in [1.165, 1.54) is 18.2 Å². The number of carbonyl (C=O) groups is 1. The summed E-state index contributed by atoms with van der Waals surface area (Å²) in [6.45, 7) is 4.61. The van der Waals surface area contributed by atoms with Crippen LogP contribution in [0.5, 0.6) is 0 Å². The van der Waals surface area contributed by atoms with Crippen molar-refractivity contribution in [2.45, 2.75) is 13.0 Å². The Labute approximate surface area is 153 Å². The summed E-state index contributed by atoms with van der Waals surface area (Å²) in [5.41, 5.74) is 2.52. The number of nitrogens with zero attached hydrogens (tertiary/aromatic N) is 1. The minimum absolute atomic E-state index is 0.210. The number of carbonyl (C=O) groups excluding carboxylic acids is 1. The molecule has 0 spiro atoms. The van der Waals surface area contributed by atoms with Gasteiger partial charge in [0, 0.05) is 24.9 Å². The van der Waals surface area contributed by atoms with E-state index in [1.807, 2.05) is 43.3 Å². The van der Waals surface area contributed by atoms with Gasteiger partial charge in [-0.25, -0.2) is 4.39 Å². The van der Waals surface area contributed by atoms with Gasteiger partial charge in [0.25, 0.3) is 0 Å². The Hall–Kier alpha value is -2.66. The predicted molar refractivity (Wildman–Crippen MR) is 101 cm³/mol. The van der Waals surface area contributed by atoms with Crippen LogP contribution in [-0.2, 0) is 9.53 Å². The lowest BCUT2D eigenvalue weighted by atomic mass is 10.1. The van der Waals surface area contributed by atoms with E-state index in [0.29, 0.717) is 13.2 Å². The highest BCUT2D eigenvalue weighted by molar-refractivity contribution is 5.91. The summed E-state index contributed by atoms with van der Waals surface area (Å²) in [4.78, 5) is 14.3. The first-order valence-electron chi connectivity index (χ1n) is 8.78. The van der Waals surface area contributed by atoms with Crippen LogP contribution in [-0.4, -0.2) is 32.2 Å². The first kappa shape index (κ1) is 18.1. The number of ether oxygens (including phenoxy) is 1. The maximum atomic E-state index is 14.1. The number of anilines is 1.